The molecule has 0 radical (unpaired) electrons. The first-order valence-corrected chi connectivity index (χ1v) is 9.37. The van der Waals surface area contributed by atoms with Gasteiger partial charge in [0.1, 0.15) is 12.2 Å². The van der Waals surface area contributed by atoms with E-state index in [1.54, 1.807) is 24.0 Å². The molecular formula is C21H24N2O5. The topological polar surface area (TPSA) is 99.8 Å². The zero-order valence-corrected chi connectivity index (χ0v) is 15.8. The van der Waals surface area contributed by atoms with Gasteiger partial charge in [0.2, 0.25) is 0 Å². The van der Waals surface area contributed by atoms with Crippen molar-refractivity contribution in [3.05, 3.63) is 59.0 Å². The van der Waals surface area contributed by atoms with Gasteiger partial charge >= 0.3 is 5.97 Å². The standard InChI is InChI=1S/C21H24N2O5/c1-14-13-28-17(10-18(24)25)19(14)21(27)23-9-5-6-15(12-23)11-22-20(26)16-7-3-2-4-8-16/h2-4,7-8,13,15H,5-6,9-12H2,1H3,(H,22,26)(H,24,25). The zero-order valence-electron chi connectivity index (χ0n) is 15.8. The molecule has 2 aromatic rings. The van der Waals surface area contributed by atoms with Crippen molar-refractivity contribution in [3.63, 3.8) is 0 Å². The van der Waals surface area contributed by atoms with Crippen LogP contribution in [0.1, 0.15) is 44.9 Å². The second-order valence-corrected chi connectivity index (χ2v) is 7.12. The number of amides is 2. The maximum atomic E-state index is 13.0. The molecule has 2 N–H and O–H groups in total. The quantitative estimate of drug-likeness (QED) is 0.797. The molecule has 0 aliphatic carbocycles. The molecule has 0 bridgehead atoms. The van der Waals surface area contributed by atoms with Gasteiger partial charge in [-0.25, -0.2) is 0 Å². The van der Waals surface area contributed by atoms with Gasteiger partial charge in [0.15, 0.2) is 0 Å². The number of furan rings is 1. The predicted molar refractivity (Wildman–Crippen MR) is 102 cm³/mol. The molecule has 1 atom stereocenters. The molecule has 2 heterocycles. The SMILES string of the molecule is Cc1coc(CC(=O)O)c1C(=O)N1CCCC(CNC(=O)c2ccccc2)C1. The van der Waals surface area contributed by atoms with E-state index in [4.69, 9.17) is 9.52 Å². The Kier molecular flexibility index (Phi) is 6.13. The molecule has 0 spiro atoms. The molecule has 1 aromatic heterocycles. The van der Waals surface area contributed by atoms with Crippen molar-refractivity contribution >= 4 is 17.8 Å². The lowest BCUT2D eigenvalue weighted by molar-refractivity contribution is -0.136. The normalized spacial score (nSPS) is 16.6. The van der Waals surface area contributed by atoms with Crippen LogP contribution in [-0.4, -0.2) is 47.4 Å². The Morgan fingerprint density at radius 3 is 2.71 bits per heavy atom. The minimum Gasteiger partial charge on any atom is -0.481 e. The van der Waals surface area contributed by atoms with Crippen LogP contribution in [0.2, 0.25) is 0 Å². The predicted octanol–water partition coefficient (Wildman–Crippen LogP) is 2.50. The van der Waals surface area contributed by atoms with Crippen molar-refractivity contribution in [2.24, 2.45) is 5.92 Å². The van der Waals surface area contributed by atoms with E-state index >= 15 is 0 Å². The summed E-state index contributed by atoms with van der Waals surface area (Å²) in [4.78, 5) is 37.9. The van der Waals surface area contributed by atoms with Gasteiger partial charge in [-0.3, -0.25) is 14.4 Å². The van der Waals surface area contributed by atoms with Crippen molar-refractivity contribution < 1.29 is 23.9 Å². The Morgan fingerprint density at radius 1 is 1.25 bits per heavy atom. The second-order valence-electron chi connectivity index (χ2n) is 7.12. The summed E-state index contributed by atoms with van der Waals surface area (Å²) in [6.07, 6.45) is 2.86. The lowest BCUT2D eigenvalue weighted by atomic mass is 9.96. The highest BCUT2D eigenvalue weighted by Gasteiger charge is 2.29. The number of rotatable bonds is 6. The van der Waals surface area contributed by atoms with Crippen LogP contribution in [0.4, 0.5) is 0 Å². The third-order valence-corrected chi connectivity index (χ3v) is 4.97. The summed E-state index contributed by atoms with van der Waals surface area (Å²) in [7, 11) is 0. The number of carboxylic acid groups (broad SMARTS) is 1. The number of nitrogens with one attached hydrogen (secondary N) is 1. The van der Waals surface area contributed by atoms with Crippen LogP contribution in [0.5, 0.6) is 0 Å². The molecular weight excluding hydrogens is 360 g/mol. The number of hydrogen-bond acceptors (Lipinski definition) is 4. The fourth-order valence-corrected chi connectivity index (χ4v) is 3.56. The van der Waals surface area contributed by atoms with E-state index in [9.17, 15) is 14.4 Å². The first-order valence-electron chi connectivity index (χ1n) is 9.37. The van der Waals surface area contributed by atoms with Crippen LogP contribution < -0.4 is 5.32 Å². The number of aliphatic carboxylic acids is 1. The molecule has 148 valence electrons. The molecule has 1 aliphatic heterocycles. The largest absolute Gasteiger partial charge is 0.481 e. The number of aryl methyl sites for hydroxylation is 1. The first kappa shape index (κ1) is 19.7. The van der Waals surface area contributed by atoms with Crippen LogP contribution in [0.15, 0.2) is 41.0 Å². The highest BCUT2D eigenvalue weighted by Crippen LogP contribution is 2.23. The number of hydrogen-bond donors (Lipinski definition) is 2. The van der Waals surface area contributed by atoms with Crippen LogP contribution in [0.3, 0.4) is 0 Å². The molecule has 0 saturated carbocycles. The number of likely N-dealkylation sites (tertiary alicyclic amines) is 1. The third kappa shape index (κ3) is 4.60. The molecule has 2 amide bonds. The molecule has 1 saturated heterocycles. The molecule has 1 aromatic carbocycles. The van der Waals surface area contributed by atoms with E-state index < -0.39 is 5.97 Å². The molecule has 7 nitrogen and oxygen atoms in total. The first-order chi connectivity index (χ1) is 13.5. The van der Waals surface area contributed by atoms with E-state index in [0.29, 0.717) is 36.3 Å². The summed E-state index contributed by atoms with van der Waals surface area (Å²) >= 11 is 0. The zero-order chi connectivity index (χ0) is 20.1. The van der Waals surface area contributed by atoms with Gasteiger partial charge in [-0.05, 0) is 37.8 Å². The van der Waals surface area contributed by atoms with Crippen molar-refractivity contribution in [2.75, 3.05) is 19.6 Å². The fourth-order valence-electron chi connectivity index (χ4n) is 3.56. The average molecular weight is 384 g/mol. The van der Waals surface area contributed by atoms with E-state index in [-0.39, 0.29) is 29.9 Å². The van der Waals surface area contributed by atoms with Crippen LogP contribution in [0, 0.1) is 12.8 Å². The molecule has 1 fully saturated rings. The minimum atomic E-state index is -1.04. The van der Waals surface area contributed by atoms with Gasteiger partial charge in [-0.2, -0.15) is 0 Å². The van der Waals surface area contributed by atoms with Gasteiger partial charge in [-0.15, -0.1) is 0 Å². The third-order valence-electron chi connectivity index (χ3n) is 4.97. The Bertz CT molecular complexity index is 859. The second kappa shape index (κ2) is 8.73. The number of carboxylic acids is 1. The minimum absolute atomic E-state index is 0.126. The fraction of sp³-hybridized carbons (Fsp3) is 0.381. The Labute approximate surface area is 163 Å². The Balaban J connectivity index is 1.62. The summed E-state index contributed by atoms with van der Waals surface area (Å²) in [6.45, 7) is 3.36. The highest BCUT2D eigenvalue weighted by atomic mass is 16.4. The Morgan fingerprint density at radius 2 is 2.00 bits per heavy atom. The number of carbonyl (C=O) groups is 3. The molecule has 7 heteroatoms. The lowest BCUT2D eigenvalue weighted by Crippen LogP contribution is -2.44. The summed E-state index contributed by atoms with van der Waals surface area (Å²) in [5.74, 6) is -1.03. The number of piperidine rings is 1. The monoisotopic (exact) mass is 384 g/mol. The van der Waals surface area contributed by atoms with E-state index in [1.165, 1.54) is 6.26 Å². The van der Waals surface area contributed by atoms with Gasteiger partial charge in [0.25, 0.3) is 11.8 Å². The summed E-state index contributed by atoms with van der Waals surface area (Å²) in [5, 5.41) is 12.0. The summed E-state index contributed by atoms with van der Waals surface area (Å²) in [6, 6.07) is 9.02. The summed E-state index contributed by atoms with van der Waals surface area (Å²) in [5.41, 5.74) is 1.59. The lowest BCUT2D eigenvalue weighted by Gasteiger charge is -2.33. The molecule has 28 heavy (non-hydrogen) atoms. The average Bonchev–Trinajstić information content (AvgIpc) is 3.05. The van der Waals surface area contributed by atoms with Gasteiger partial charge in [0.05, 0.1) is 11.8 Å². The molecule has 1 aliphatic rings. The maximum Gasteiger partial charge on any atom is 0.311 e. The smallest absolute Gasteiger partial charge is 0.311 e. The van der Waals surface area contributed by atoms with Gasteiger partial charge in [0, 0.05) is 30.8 Å². The maximum absolute atomic E-state index is 13.0. The van der Waals surface area contributed by atoms with Crippen LogP contribution in [-0.2, 0) is 11.2 Å². The Hall–Kier alpha value is -3.09. The number of nitrogens with zero attached hydrogens (tertiary/aromatic N) is 1. The van der Waals surface area contributed by atoms with Crippen LogP contribution >= 0.6 is 0 Å². The van der Waals surface area contributed by atoms with E-state index in [2.05, 4.69) is 5.32 Å². The van der Waals surface area contributed by atoms with Crippen molar-refractivity contribution in [1.82, 2.24) is 10.2 Å². The molecule has 3 rings (SSSR count). The van der Waals surface area contributed by atoms with E-state index in [1.807, 2.05) is 18.2 Å². The highest BCUT2D eigenvalue weighted by molar-refractivity contribution is 5.97. The van der Waals surface area contributed by atoms with Gasteiger partial charge < -0.3 is 19.7 Å². The summed E-state index contributed by atoms with van der Waals surface area (Å²) < 4.78 is 5.29. The van der Waals surface area contributed by atoms with Crippen molar-refractivity contribution in [3.8, 4) is 0 Å². The molecule has 1 unspecified atom stereocenters. The van der Waals surface area contributed by atoms with Crippen molar-refractivity contribution in [1.29, 1.82) is 0 Å². The van der Waals surface area contributed by atoms with Crippen LogP contribution in [0.25, 0.3) is 0 Å². The van der Waals surface area contributed by atoms with E-state index in [0.717, 1.165) is 12.8 Å². The number of carbonyl (C=O) groups excluding carboxylic acids is 2. The van der Waals surface area contributed by atoms with Crippen molar-refractivity contribution in [2.45, 2.75) is 26.2 Å². The van der Waals surface area contributed by atoms with Gasteiger partial charge in [-0.1, -0.05) is 18.2 Å². The number of benzene rings is 1.